The van der Waals surface area contributed by atoms with E-state index in [9.17, 15) is 4.79 Å². The van der Waals surface area contributed by atoms with Gasteiger partial charge < -0.3 is 15.0 Å². The predicted molar refractivity (Wildman–Crippen MR) is 117 cm³/mol. The molecular weight excluding hydrogens is 376 g/mol. The van der Waals surface area contributed by atoms with Gasteiger partial charge in [-0.1, -0.05) is 48.5 Å². The third-order valence-electron chi connectivity index (χ3n) is 5.32. The number of nitrogens with zero attached hydrogens (tertiary/aromatic N) is 3. The molecule has 4 rings (SSSR count). The van der Waals surface area contributed by atoms with E-state index in [-0.39, 0.29) is 11.8 Å². The first-order valence-corrected chi connectivity index (χ1v) is 10.4. The molecule has 154 valence electrons. The molecular formula is C24H26N4O2. The summed E-state index contributed by atoms with van der Waals surface area (Å²) in [5, 5.41) is 11.8. The van der Waals surface area contributed by atoms with Gasteiger partial charge in [0.05, 0.1) is 12.2 Å². The summed E-state index contributed by atoms with van der Waals surface area (Å²) in [6.45, 7) is 2.59. The summed E-state index contributed by atoms with van der Waals surface area (Å²) in [5.74, 6) is 1.83. The molecule has 1 saturated heterocycles. The minimum atomic E-state index is 0.0366. The highest BCUT2D eigenvalue weighted by Crippen LogP contribution is 2.23. The van der Waals surface area contributed by atoms with Gasteiger partial charge in [0.1, 0.15) is 12.4 Å². The Balaban J connectivity index is 1.21. The Morgan fingerprint density at radius 1 is 0.933 bits per heavy atom. The van der Waals surface area contributed by atoms with Gasteiger partial charge in [-0.15, -0.1) is 10.2 Å². The third-order valence-corrected chi connectivity index (χ3v) is 5.32. The summed E-state index contributed by atoms with van der Waals surface area (Å²) in [6.07, 6.45) is 1.63. The second-order valence-corrected chi connectivity index (χ2v) is 7.36. The van der Waals surface area contributed by atoms with Crippen LogP contribution in [-0.2, 0) is 4.79 Å². The topological polar surface area (TPSA) is 67.3 Å². The fourth-order valence-electron chi connectivity index (χ4n) is 3.63. The van der Waals surface area contributed by atoms with E-state index in [0.717, 1.165) is 48.8 Å². The molecule has 0 saturated carbocycles. The zero-order chi connectivity index (χ0) is 20.6. The van der Waals surface area contributed by atoms with Crippen molar-refractivity contribution in [2.45, 2.75) is 12.8 Å². The first-order valence-electron chi connectivity index (χ1n) is 10.4. The van der Waals surface area contributed by atoms with Crippen LogP contribution in [0.3, 0.4) is 0 Å². The smallest absolute Gasteiger partial charge is 0.223 e. The molecule has 0 atom stereocenters. The van der Waals surface area contributed by atoms with Crippen LogP contribution >= 0.6 is 0 Å². The zero-order valence-electron chi connectivity index (χ0n) is 16.9. The number of hydrogen-bond acceptors (Lipinski definition) is 5. The van der Waals surface area contributed by atoms with Crippen LogP contribution in [0.5, 0.6) is 5.75 Å². The maximum absolute atomic E-state index is 12.4. The van der Waals surface area contributed by atoms with Gasteiger partial charge in [0.15, 0.2) is 5.82 Å². The maximum atomic E-state index is 12.4. The van der Waals surface area contributed by atoms with Crippen molar-refractivity contribution in [3.63, 3.8) is 0 Å². The summed E-state index contributed by atoms with van der Waals surface area (Å²) < 4.78 is 5.62. The highest BCUT2D eigenvalue weighted by atomic mass is 16.5. The standard InChI is InChI=1S/C24H26N4O2/c29-24(25-15-18-30-21-9-5-2-6-10-21)20-13-16-28(17-14-20)23-12-11-22(26-27-23)19-7-3-1-4-8-19/h1-12,20H,13-18H2,(H,25,29). The summed E-state index contributed by atoms with van der Waals surface area (Å²) >= 11 is 0. The highest BCUT2D eigenvalue weighted by molar-refractivity contribution is 5.79. The second kappa shape index (κ2) is 9.87. The molecule has 1 aromatic heterocycles. The predicted octanol–water partition coefficient (Wildman–Crippen LogP) is 3.56. The largest absolute Gasteiger partial charge is 0.492 e. The first-order chi connectivity index (χ1) is 14.8. The van der Waals surface area contributed by atoms with E-state index in [1.807, 2.05) is 72.8 Å². The molecule has 1 aliphatic heterocycles. The SMILES string of the molecule is O=C(NCCOc1ccccc1)C1CCN(c2ccc(-c3ccccc3)nn2)CC1. The number of amides is 1. The molecule has 6 nitrogen and oxygen atoms in total. The average Bonchev–Trinajstić information content (AvgIpc) is 2.83. The molecule has 6 heteroatoms. The van der Waals surface area contributed by atoms with Gasteiger partial charge in [-0.2, -0.15) is 0 Å². The van der Waals surface area contributed by atoms with Crippen molar-refractivity contribution in [2.75, 3.05) is 31.1 Å². The average molecular weight is 402 g/mol. The number of hydrogen-bond donors (Lipinski definition) is 1. The van der Waals surface area contributed by atoms with E-state index in [0.29, 0.717) is 13.2 Å². The third kappa shape index (κ3) is 5.14. The molecule has 3 aromatic rings. The molecule has 0 bridgehead atoms. The Morgan fingerprint density at radius 2 is 1.63 bits per heavy atom. The summed E-state index contributed by atoms with van der Waals surface area (Å²) in [7, 11) is 0. The van der Waals surface area contributed by atoms with E-state index in [1.165, 1.54) is 0 Å². The van der Waals surface area contributed by atoms with Gasteiger partial charge >= 0.3 is 0 Å². The van der Waals surface area contributed by atoms with Crippen molar-refractivity contribution in [1.82, 2.24) is 15.5 Å². The molecule has 30 heavy (non-hydrogen) atoms. The molecule has 1 fully saturated rings. The molecule has 2 heterocycles. The van der Waals surface area contributed by atoms with E-state index >= 15 is 0 Å². The van der Waals surface area contributed by atoms with Gasteiger partial charge in [-0.3, -0.25) is 4.79 Å². The fraction of sp³-hybridized carbons (Fsp3) is 0.292. The van der Waals surface area contributed by atoms with Crippen molar-refractivity contribution in [3.05, 3.63) is 72.8 Å². The molecule has 0 spiro atoms. The number of piperidine rings is 1. The van der Waals surface area contributed by atoms with Gasteiger partial charge in [-0.25, -0.2) is 0 Å². The number of nitrogens with one attached hydrogen (secondary N) is 1. The lowest BCUT2D eigenvalue weighted by molar-refractivity contribution is -0.125. The van der Waals surface area contributed by atoms with Crippen molar-refractivity contribution < 1.29 is 9.53 Å². The Morgan fingerprint density at radius 3 is 2.30 bits per heavy atom. The van der Waals surface area contributed by atoms with Crippen LogP contribution in [0.1, 0.15) is 12.8 Å². The molecule has 0 unspecified atom stereocenters. The number of rotatable bonds is 7. The van der Waals surface area contributed by atoms with Crippen LogP contribution in [0.4, 0.5) is 5.82 Å². The van der Waals surface area contributed by atoms with Gasteiger partial charge in [-0.05, 0) is 37.1 Å². The lowest BCUT2D eigenvalue weighted by Crippen LogP contribution is -2.41. The van der Waals surface area contributed by atoms with Crippen molar-refractivity contribution >= 4 is 11.7 Å². The number of para-hydroxylation sites is 1. The van der Waals surface area contributed by atoms with Crippen LogP contribution in [0.2, 0.25) is 0 Å². The summed E-state index contributed by atoms with van der Waals surface area (Å²) in [5.41, 5.74) is 1.93. The lowest BCUT2D eigenvalue weighted by Gasteiger charge is -2.31. The van der Waals surface area contributed by atoms with Crippen LogP contribution in [0.25, 0.3) is 11.3 Å². The lowest BCUT2D eigenvalue weighted by atomic mass is 9.96. The Bertz CT molecular complexity index is 924. The number of anilines is 1. The minimum absolute atomic E-state index is 0.0366. The van der Waals surface area contributed by atoms with E-state index in [1.54, 1.807) is 0 Å². The molecule has 0 radical (unpaired) electrons. The Labute approximate surface area is 176 Å². The molecule has 1 aliphatic rings. The first kappa shape index (κ1) is 19.9. The number of carbonyl (C=O) groups is 1. The number of carbonyl (C=O) groups excluding carboxylic acids is 1. The van der Waals surface area contributed by atoms with Crippen LogP contribution < -0.4 is 15.0 Å². The monoisotopic (exact) mass is 402 g/mol. The van der Waals surface area contributed by atoms with Gasteiger partial charge in [0.2, 0.25) is 5.91 Å². The Kier molecular flexibility index (Phi) is 6.54. The summed E-state index contributed by atoms with van der Waals surface area (Å²) in [4.78, 5) is 14.6. The molecule has 0 aliphatic carbocycles. The quantitative estimate of drug-likeness (QED) is 0.612. The molecule has 1 N–H and O–H groups in total. The van der Waals surface area contributed by atoms with Crippen LogP contribution in [0.15, 0.2) is 72.8 Å². The number of benzene rings is 2. The van der Waals surface area contributed by atoms with E-state index < -0.39 is 0 Å². The van der Waals surface area contributed by atoms with Gasteiger partial charge in [0.25, 0.3) is 0 Å². The molecule has 1 amide bonds. The van der Waals surface area contributed by atoms with E-state index in [2.05, 4.69) is 20.4 Å². The van der Waals surface area contributed by atoms with Gasteiger partial charge in [0, 0.05) is 24.6 Å². The van der Waals surface area contributed by atoms with Crippen molar-refractivity contribution in [2.24, 2.45) is 5.92 Å². The second-order valence-electron chi connectivity index (χ2n) is 7.36. The van der Waals surface area contributed by atoms with Crippen LogP contribution in [0, 0.1) is 5.92 Å². The number of aromatic nitrogens is 2. The van der Waals surface area contributed by atoms with E-state index in [4.69, 9.17) is 4.74 Å². The number of ether oxygens (including phenoxy) is 1. The highest BCUT2D eigenvalue weighted by Gasteiger charge is 2.25. The minimum Gasteiger partial charge on any atom is -0.492 e. The van der Waals surface area contributed by atoms with Crippen LogP contribution in [-0.4, -0.2) is 42.3 Å². The maximum Gasteiger partial charge on any atom is 0.223 e. The Hall–Kier alpha value is -3.41. The normalized spacial score (nSPS) is 14.3. The fourth-order valence-corrected chi connectivity index (χ4v) is 3.63. The zero-order valence-corrected chi connectivity index (χ0v) is 16.9. The summed E-state index contributed by atoms with van der Waals surface area (Å²) in [6, 6.07) is 23.7. The van der Waals surface area contributed by atoms with Crippen molar-refractivity contribution in [1.29, 1.82) is 0 Å². The van der Waals surface area contributed by atoms with Crippen molar-refractivity contribution in [3.8, 4) is 17.0 Å². The molecule has 2 aromatic carbocycles.